The molecular formula is C13H19NO6S. The summed E-state index contributed by atoms with van der Waals surface area (Å²) in [4.78, 5) is 10.9. The van der Waals surface area contributed by atoms with Crippen LogP contribution in [0.15, 0.2) is 23.1 Å². The third kappa shape index (κ3) is 4.33. The van der Waals surface area contributed by atoms with Crippen molar-refractivity contribution < 1.29 is 27.8 Å². The molecular weight excluding hydrogens is 298 g/mol. The highest BCUT2D eigenvalue weighted by Crippen LogP contribution is 2.28. The third-order valence-corrected chi connectivity index (χ3v) is 4.33. The number of sulfonamides is 1. The zero-order valence-corrected chi connectivity index (χ0v) is 12.9. The molecule has 0 amide bonds. The van der Waals surface area contributed by atoms with E-state index in [1.165, 1.54) is 26.4 Å². The van der Waals surface area contributed by atoms with Crippen LogP contribution in [0, 0.1) is 0 Å². The fraction of sp³-hybridized carbons (Fsp3) is 0.462. The molecule has 1 atom stereocenters. The van der Waals surface area contributed by atoms with E-state index in [-0.39, 0.29) is 17.1 Å². The van der Waals surface area contributed by atoms with Crippen LogP contribution in [0.5, 0.6) is 11.5 Å². The molecule has 0 spiro atoms. The molecule has 0 heterocycles. The maximum atomic E-state index is 12.4. The highest BCUT2D eigenvalue weighted by molar-refractivity contribution is 7.89. The molecule has 0 aliphatic carbocycles. The molecule has 0 bridgehead atoms. The van der Waals surface area contributed by atoms with Crippen molar-refractivity contribution in [3.63, 3.8) is 0 Å². The molecule has 0 radical (unpaired) electrons. The van der Waals surface area contributed by atoms with Gasteiger partial charge in [-0.05, 0) is 18.6 Å². The smallest absolute Gasteiger partial charge is 0.321 e. The summed E-state index contributed by atoms with van der Waals surface area (Å²) in [7, 11) is -1.30. The van der Waals surface area contributed by atoms with Crippen LogP contribution in [0.2, 0.25) is 0 Å². The first-order valence-electron chi connectivity index (χ1n) is 6.32. The van der Waals surface area contributed by atoms with E-state index in [1.54, 1.807) is 13.0 Å². The van der Waals surface area contributed by atoms with E-state index in [1.807, 2.05) is 0 Å². The Kier molecular flexibility index (Phi) is 5.98. The lowest BCUT2D eigenvalue weighted by Gasteiger charge is -2.16. The van der Waals surface area contributed by atoms with Crippen molar-refractivity contribution in [2.24, 2.45) is 0 Å². The molecule has 1 aromatic carbocycles. The Morgan fingerprint density at radius 1 is 1.33 bits per heavy atom. The molecule has 0 saturated carbocycles. The molecule has 0 aliphatic heterocycles. The Bertz CT molecular complexity index is 599. The molecule has 7 nitrogen and oxygen atoms in total. The average molecular weight is 317 g/mol. The van der Waals surface area contributed by atoms with Crippen LogP contribution < -0.4 is 14.2 Å². The SMILES string of the molecule is CCC[C@H](NS(=O)(=O)c1cc(OC)ccc1OC)C(=O)O. The van der Waals surface area contributed by atoms with Gasteiger partial charge < -0.3 is 14.6 Å². The summed E-state index contributed by atoms with van der Waals surface area (Å²) in [6.07, 6.45) is 0.732. The van der Waals surface area contributed by atoms with E-state index in [0.717, 1.165) is 0 Å². The van der Waals surface area contributed by atoms with Crippen molar-refractivity contribution in [3.05, 3.63) is 18.2 Å². The first kappa shape index (κ1) is 17.3. The maximum Gasteiger partial charge on any atom is 0.321 e. The van der Waals surface area contributed by atoms with Gasteiger partial charge in [0.25, 0.3) is 0 Å². The van der Waals surface area contributed by atoms with Gasteiger partial charge in [0.1, 0.15) is 22.4 Å². The van der Waals surface area contributed by atoms with Crippen molar-refractivity contribution in [2.45, 2.75) is 30.7 Å². The summed E-state index contributed by atoms with van der Waals surface area (Å²) in [6, 6.07) is 3.10. The van der Waals surface area contributed by atoms with Crippen molar-refractivity contribution >= 4 is 16.0 Å². The van der Waals surface area contributed by atoms with E-state index in [4.69, 9.17) is 14.6 Å². The third-order valence-electron chi connectivity index (χ3n) is 2.83. The van der Waals surface area contributed by atoms with Crippen LogP contribution in [-0.4, -0.2) is 39.8 Å². The Morgan fingerprint density at radius 3 is 2.48 bits per heavy atom. The van der Waals surface area contributed by atoms with Gasteiger partial charge in [0.2, 0.25) is 10.0 Å². The second-order valence-electron chi connectivity index (χ2n) is 4.32. The second-order valence-corrected chi connectivity index (χ2v) is 6.00. The number of carboxylic acid groups (broad SMARTS) is 1. The molecule has 0 unspecified atom stereocenters. The van der Waals surface area contributed by atoms with Crippen LogP contribution >= 0.6 is 0 Å². The van der Waals surface area contributed by atoms with Gasteiger partial charge in [0, 0.05) is 6.07 Å². The number of carboxylic acids is 1. The highest BCUT2D eigenvalue weighted by Gasteiger charge is 2.27. The van der Waals surface area contributed by atoms with Gasteiger partial charge in [-0.3, -0.25) is 4.79 Å². The Morgan fingerprint density at radius 2 is 2.00 bits per heavy atom. The van der Waals surface area contributed by atoms with Crippen molar-refractivity contribution in [1.29, 1.82) is 0 Å². The molecule has 118 valence electrons. The van der Waals surface area contributed by atoms with Gasteiger partial charge in [0.05, 0.1) is 14.2 Å². The zero-order valence-electron chi connectivity index (χ0n) is 12.1. The van der Waals surface area contributed by atoms with Crippen molar-refractivity contribution in [3.8, 4) is 11.5 Å². The number of hydrogen-bond acceptors (Lipinski definition) is 5. The summed E-state index contributed by atoms with van der Waals surface area (Å²) in [6.45, 7) is 1.77. The molecule has 1 aromatic rings. The van der Waals surface area contributed by atoms with Gasteiger partial charge in [-0.25, -0.2) is 8.42 Å². The molecule has 0 fully saturated rings. The van der Waals surface area contributed by atoms with Crippen LogP contribution in [0.1, 0.15) is 19.8 Å². The highest BCUT2D eigenvalue weighted by atomic mass is 32.2. The Hall–Kier alpha value is -1.80. The number of carbonyl (C=O) groups is 1. The quantitative estimate of drug-likeness (QED) is 0.748. The van der Waals surface area contributed by atoms with Crippen molar-refractivity contribution in [1.82, 2.24) is 4.72 Å². The van der Waals surface area contributed by atoms with E-state index in [0.29, 0.717) is 12.2 Å². The standard InChI is InChI=1S/C13H19NO6S/c1-4-5-10(13(15)16)14-21(17,18)12-8-9(19-2)6-7-11(12)20-3/h6-8,10,14H,4-5H2,1-3H3,(H,15,16)/t10-/m0/s1. The summed E-state index contributed by atoms with van der Waals surface area (Å²) in [5.74, 6) is -0.773. The maximum absolute atomic E-state index is 12.4. The predicted octanol–water partition coefficient (Wildman–Crippen LogP) is 1.24. The summed E-state index contributed by atoms with van der Waals surface area (Å²) in [5, 5.41) is 9.06. The molecule has 0 saturated heterocycles. The number of aliphatic carboxylic acids is 1. The van der Waals surface area contributed by atoms with E-state index < -0.39 is 22.0 Å². The fourth-order valence-electron chi connectivity index (χ4n) is 1.77. The lowest BCUT2D eigenvalue weighted by Crippen LogP contribution is -2.40. The van der Waals surface area contributed by atoms with E-state index >= 15 is 0 Å². The number of nitrogens with one attached hydrogen (secondary N) is 1. The average Bonchev–Trinajstić information content (AvgIpc) is 2.45. The minimum atomic E-state index is -4.04. The number of benzene rings is 1. The lowest BCUT2D eigenvalue weighted by atomic mass is 10.2. The molecule has 0 aliphatic rings. The van der Waals surface area contributed by atoms with E-state index in [9.17, 15) is 13.2 Å². The first-order chi connectivity index (χ1) is 9.85. The fourth-order valence-corrected chi connectivity index (χ4v) is 3.17. The summed E-state index contributed by atoms with van der Waals surface area (Å²) < 4.78 is 36.9. The molecule has 2 N–H and O–H groups in total. The van der Waals surface area contributed by atoms with Crippen molar-refractivity contribution in [2.75, 3.05) is 14.2 Å². The minimum Gasteiger partial charge on any atom is -0.497 e. The summed E-state index contributed by atoms with van der Waals surface area (Å²) >= 11 is 0. The monoisotopic (exact) mass is 317 g/mol. The van der Waals surface area contributed by atoms with Crippen LogP contribution in [-0.2, 0) is 14.8 Å². The van der Waals surface area contributed by atoms with Crippen LogP contribution in [0.4, 0.5) is 0 Å². The van der Waals surface area contributed by atoms with Gasteiger partial charge in [-0.15, -0.1) is 0 Å². The molecule has 0 aromatic heterocycles. The van der Waals surface area contributed by atoms with Gasteiger partial charge in [0.15, 0.2) is 0 Å². The van der Waals surface area contributed by atoms with Gasteiger partial charge in [-0.1, -0.05) is 13.3 Å². The first-order valence-corrected chi connectivity index (χ1v) is 7.81. The predicted molar refractivity (Wildman–Crippen MR) is 76.2 cm³/mol. The van der Waals surface area contributed by atoms with Gasteiger partial charge in [-0.2, -0.15) is 4.72 Å². The Balaban J connectivity index is 3.20. The number of hydrogen-bond donors (Lipinski definition) is 2. The molecule has 1 rings (SSSR count). The van der Waals surface area contributed by atoms with E-state index in [2.05, 4.69) is 4.72 Å². The normalized spacial score (nSPS) is 12.7. The largest absolute Gasteiger partial charge is 0.497 e. The lowest BCUT2D eigenvalue weighted by molar-refractivity contribution is -0.139. The number of ether oxygens (including phenoxy) is 2. The van der Waals surface area contributed by atoms with Crippen LogP contribution in [0.25, 0.3) is 0 Å². The summed E-state index contributed by atoms with van der Waals surface area (Å²) in [5.41, 5.74) is 0. The topological polar surface area (TPSA) is 102 Å². The number of rotatable bonds is 8. The van der Waals surface area contributed by atoms with Crippen LogP contribution in [0.3, 0.4) is 0 Å². The molecule has 21 heavy (non-hydrogen) atoms. The molecule has 8 heteroatoms. The van der Waals surface area contributed by atoms with Gasteiger partial charge >= 0.3 is 5.97 Å². The Labute approximate surface area is 123 Å². The number of methoxy groups -OCH3 is 2. The second kappa shape index (κ2) is 7.28. The minimum absolute atomic E-state index is 0.115. The zero-order chi connectivity index (χ0) is 16.0.